The van der Waals surface area contributed by atoms with Gasteiger partial charge in [-0.15, -0.1) is 23.2 Å². The molecule has 1 amide bonds. The number of hydrogen-bond acceptors (Lipinski definition) is 3. The van der Waals surface area contributed by atoms with E-state index in [9.17, 15) is 4.79 Å². The van der Waals surface area contributed by atoms with Crippen LogP contribution in [0.5, 0.6) is 0 Å². The first-order valence-corrected chi connectivity index (χ1v) is 6.01. The van der Waals surface area contributed by atoms with Crippen molar-refractivity contribution in [2.75, 3.05) is 11.8 Å². The van der Waals surface area contributed by atoms with Crippen LogP contribution in [-0.2, 0) is 0 Å². The molecule has 1 heterocycles. The van der Waals surface area contributed by atoms with Gasteiger partial charge in [-0.3, -0.25) is 4.79 Å². The summed E-state index contributed by atoms with van der Waals surface area (Å²) < 4.78 is 4.82. The van der Waals surface area contributed by atoms with Crippen molar-refractivity contribution < 1.29 is 9.32 Å². The van der Waals surface area contributed by atoms with E-state index in [1.54, 1.807) is 6.92 Å². The van der Waals surface area contributed by atoms with Crippen LogP contribution in [-0.4, -0.2) is 28.4 Å². The van der Waals surface area contributed by atoms with Gasteiger partial charge in [0.25, 0.3) is 5.91 Å². The number of hydrogen-bond donors (Lipinski definition) is 1. The third-order valence-electron chi connectivity index (χ3n) is 2.56. The average Bonchev–Trinajstić information content (AvgIpc) is 2.72. The Morgan fingerprint density at radius 2 is 2.19 bits per heavy atom. The molecule has 0 radical (unpaired) electrons. The minimum absolute atomic E-state index is 0.262. The Kier molecular flexibility index (Phi) is 4.62. The van der Waals surface area contributed by atoms with Gasteiger partial charge in [0, 0.05) is 11.8 Å². The number of carbonyl (C=O) groups is 1. The standard InChI is InChI=1S/C10H14Cl2N2O2/c1-3-10(5-11,6-12)14-9(15)8-4-13-16-7(8)2/h4H,3,5-6H2,1-2H3,(H,14,15). The highest BCUT2D eigenvalue weighted by Crippen LogP contribution is 2.16. The van der Waals surface area contributed by atoms with Crippen molar-refractivity contribution in [3.8, 4) is 0 Å². The molecule has 1 N–H and O–H groups in total. The Morgan fingerprint density at radius 1 is 1.56 bits per heavy atom. The van der Waals surface area contributed by atoms with Gasteiger partial charge in [-0.25, -0.2) is 0 Å². The first-order valence-electron chi connectivity index (χ1n) is 4.94. The maximum Gasteiger partial charge on any atom is 0.257 e. The first kappa shape index (κ1) is 13.3. The number of carbonyl (C=O) groups excluding carboxylic acids is 1. The van der Waals surface area contributed by atoms with Crippen molar-refractivity contribution in [1.29, 1.82) is 0 Å². The molecule has 90 valence electrons. The van der Waals surface area contributed by atoms with E-state index < -0.39 is 5.54 Å². The van der Waals surface area contributed by atoms with Crippen molar-refractivity contribution in [2.45, 2.75) is 25.8 Å². The summed E-state index contributed by atoms with van der Waals surface area (Å²) in [5.74, 6) is 0.750. The minimum Gasteiger partial charge on any atom is -0.361 e. The van der Waals surface area contributed by atoms with E-state index >= 15 is 0 Å². The zero-order chi connectivity index (χ0) is 12.2. The molecule has 16 heavy (non-hydrogen) atoms. The molecule has 0 aliphatic heterocycles. The first-order chi connectivity index (χ1) is 7.58. The molecular weight excluding hydrogens is 251 g/mol. The Labute approximate surface area is 104 Å². The third kappa shape index (κ3) is 2.68. The largest absolute Gasteiger partial charge is 0.361 e. The SMILES string of the molecule is CCC(CCl)(CCl)NC(=O)c1cnoc1C. The molecule has 0 spiro atoms. The van der Waals surface area contributed by atoms with Gasteiger partial charge in [0.2, 0.25) is 0 Å². The van der Waals surface area contributed by atoms with Gasteiger partial charge in [0.15, 0.2) is 0 Å². The van der Waals surface area contributed by atoms with Gasteiger partial charge in [-0.05, 0) is 13.3 Å². The van der Waals surface area contributed by atoms with Crippen molar-refractivity contribution in [3.05, 3.63) is 17.5 Å². The summed E-state index contributed by atoms with van der Waals surface area (Å²) in [5.41, 5.74) is -0.169. The second kappa shape index (κ2) is 5.55. The summed E-state index contributed by atoms with van der Waals surface area (Å²) in [6.07, 6.45) is 2.05. The Hall–Kier alpha value is -0.740. The molecule has 0 saturated carbocycles. The molecule has 0 unspecified atom stereocenters. The van der Waals surface area contributed by atoms with Crippen LogP contribution >= 0.6 is 23.2 Å². The zero-order valence-electron chi connectivity index (χ0n) is 9.22. The Balaban J connectivity index is 2.81. The van der Waals surface area contributed by atoms with E-state index in [1.807, 2.05) is 6.92 Å². The highest BCUT2D eigenvalue weighted by atomic mass is 35.5. The number of aryl methyl sites for hydroxylation is 1. The number of halogens is 2. The molecule has 1 aromatic heterocycles. The molecule has 0 aliphatic carbocycles. The molecule has 0 saturated heterocycles. The van der Waals surface area contributed by atoms with Gasteiger partial charge in [0.1, 0.15) is 11.3 Å². The molecule has 6 heteroatoms. The van der Waals surface area contributed by atoms with Crippen LogP contribution in [0.1, 0.15) is 29.5 Å². The minimum atomic E-state index is -0.579. The monoisotopic (exact) mass is 264 g/mol. The molecule has 1 aromatic rings. The number of aromatic nitrogens is 1. The van der Waals surface area contributed by atoms with E-state index in [-0.39, 0.29) is 17.7 Å². The fourth-order valence-corrected chi connectivity index (χ4v) is 2.00. The van der Waals surface area contributed by atoms with E-state index in [0.29, 0.717) is 17.7 Å². The van der Waals surface area contributed by atoms with Gasteiger partial charge < -0.3 is 9.84 Å². The summed E-state index contributed by atoms with van der Waals surface area (Å²) in [6, 6.07) is 0. The molecule has 0 aliphatic rings. The third-order valence-corrected chi connectivity index (χ3v) is 3.59. The lowest BCUT2D eigenvalue weighted by atomic mass is 10.0. The molecular formula is C10H14Cl2N2O2. The highest BCUT2D eigenvalue weighted by Gasteiger charge is 2.29. The lowest BCUT2D eigenvalue weighted by Crippen LogP contribution is -2.51. The molecule has 1 rings (SSSR count). The Bertz CT molecular complexity index is 353. The van der Waals surface area contributed by atoms with E-state index in [1.165, 1.54) is 6.20 Å². The second-order valence-corrected chi connectivity index (χ2v) is 4.19. The molecule has 0 bridgehead atoms. The molecule has 0 aromatic carbocycles. The van der Waals surface area contributed by atoms with Gasteiger partial charge in [-0.2, -0.15) is 0 Å². The topological polar surface area (TPSA) is 55.1 Å². The Morgan fingerprint density at radius 3 is 2.56 bits per heavy atom. The van der Waals surface area contributed by atoms with Crippen LogP contribution in [0.3, 0.4) is 0 Å². The molecule has 0 fully saturated rings. The number of rotatable bonds is 5. The lowest BCUT2D eigenvalue weighted by molar-refractivity contribution is 0.0912. The maximum atomic E-state index is 11.9. The smallest absolute Gasteiger partial charge is 0.257 e. The van der Waals surface area contributed by atoms with Crippen LogP contribution < -0.4 is 5.32 Å². The number of nitrogens with zero attached hydrogens (tertiary/aromatic N) is 1. The van der Waals surface area contributed by atoms with E-state index in [2.05, 4.69) is 10.5 Å². The van der Waals surface area contributed by atoms with E-state index in [0.717, 1.165) is 0 Å². The van der Waals surface area contributed by atoms with Crippen LogP contribution in [0.2, 0.25) is 0 Å². The second-order valence-electron chi connectivity index (χ2n) is 3.65. The van der Waals surface area contributed by atoms with Crippen molar-refractivity contribution in [3.63, 3.8) is 0 Å². The summed E-state index contributed by atoms with van der Waals surface area (Å²) in [4.78, 5) is 11.9. The quantitative estimate of drug-likeness (QED) is 0.831. The van der Waals surface area contributed by atoms with Gasteiger partial charge in [-0.1, -0.05) is 12.1 Å². The van der Waals surface area contributed by atoms with Crippen molar-refractivity contribution in [1.82, 2.24) is 10.5 Å². The van der Waals surface area contributed by atoms with Crippen LogP contribution in [0.15, 0.2) is 10.7 Å². The summed E-state index contributed by atoms with van der Waals surface area (Å²) >= 11 is 11.7. The lowest BCUT2D eigenvalue weighted by Gasteiger charge is -2.29. The van der Waals surface area contributed by atoms with E-state index in [4.69, 9.17) is 27.7 Å². The molecule has 0 atom stereocenters. The summed E-state index contributed by atoms with van der Waals surface area (Å²) in [5, 5.41) is 6.37. The number of nitrogens with one attached hydrogen (secondary N) is 1. The van der Waals surface area contributed by atoms with Crippen LogP contribution in [0.25, 0.3) is 0 Å². The fraction of sp³-hybridized carbons (Fsp3) is 0.600. The number of alkyl halides is 2. The van der Waals surface area contributed by atoms with Gasteiger partial charge >= 0.3 is 0 Å². The summed E-state index contributed by atoms with van der Waals surface area (Å²) in [7, 11) is 0. The van der Waals surface area contributed by atoms with Crippen LogP contribution in [0, 0.1) is 6.92 Å². The highest BCUT2D eigenvalue weighted by molar-refractivity contribution is 6.22. The van der Waals surface area contributed by atoms with Crippen LogP contribution in [0.4, 0.5) is 0 Å². The molecule has 4 nitrogen and oxygen atoms in total. The summed E-state index contributed by atoms with van der Waals surface area (Å²) in [6.45, 7) is 3.60. The zero-order valence-corrected chi connectivity index (χ0v) is 10.7. The fourth-order valence-electron chi connectivity index (χ4n) is 1.20. The predicted molar refractivity (Wildman–Crippen MR) is 63.2 cm³/mol. The predicted octanol–water partition coefficient (Wildman–Crippen LogP) is 2.34. The average molecular weight is 265 g/mol. The normalized spacial score (nSPS) is 11.5. The number of amides is 1. The van der Waals surface area contributed by atoms with Gasteiger partial charge in [0.05, 0.1) is 11.7 Å². The maximum absolute atomic E-state index is 11.9. The van der Waals surface area contributed by atoms with Crippen molar-refractivity contribution >= 4 is 29.1 Å². The van der Waals surface area contributed by atoms with Crippen molar-refractivity contribution in [2.24, 2.45) is 0 Å².